The largest absolute Gasteiger partial charge is 0.381 e. The van der Waals surface area contributed by atoms with Crippen LogP contribution in [0.5, 0.6) is 0 Å². The maximum atomic E-state index is 13.8. The molecule has 0 bridgehead atoms. The Morgan fingerprint density at radius 3 is 2.66 bits per heavy atom. The molecule has 6 nitrogen and oxygen atoms in total. The van der Waals surface area contributed by atoms with Crippen molar-refractivity contribution in [2.24, 2.45) is 9.98 Å². The second kappa shape index (κ2) is 9.43. The first-order valence-electron chi connectivity index (χ1n) is 12.1. The Bertz CT molecular complexity index is 1470. The first kappa shape index (κ1) is 21.7. The van der Waals surface area contributed by atoms with Crippen LogP contribution in [0.15, 0.2) is 82.5 Å². The molecule has 0 radical (unpaired) electrons. The molecule has 0 saturated carbocycles. The quantitative estimate of drug-likeness (QED) is 0.405. The Kier molecular flexibility index (Phi) is 5.84. The zero-order chi connectivity index (χ0) is 23.6. The number of hydrogen-bond donors (Lipinski definition) is 1. The smallest absolute Gasteiger partial charge is 0.123 e. The number of anilines is 1. The van der Waals surface area contributed by atoms with E-state index in [4.69, 9.17) is 14.7 Å². The van der Waals surface area contributed by atoms with Gasteiger partial charge in [0.25, 0.3) is 0 Å². The number of aliphatic imine (C=N–C) groups is 1. The number of halogens is 1. The highest BCUT2D eigenvalue weighted by atomic mass is 19.1. The molecule has 176 valence electrons. The number of para-hydroxylation sites is 2. The maximum absolute atomic E-state index is 13.8. The van der Waals surface area contributed by atoms with E-state index in [1.165, 1.54) is 12.1 Å². The molecule has 2 aromatic rings. The highest BCUT2D eigenvalue weighted by molar-refractivity contribution is 5.84. The van der Waals surface area contributed by atoms with E-state index >= 15 is 0 Å². The molecule has 4 aliphatic rings. The van der Waals surface area contributed by atoms with Gasteiger partial charge in [-0.1, -0.05) is 12.1 Å². The van der Waals surface area contributed by atoms with Crippen LogP contribution in [0, 0.1) is 5.82 Å². The fourth-order valence-corrected chi connectivity index (χ4v) is 4.70. The topological polar surface area (TPSA) is 63.8 Å². The van der Waals surface area contributed by atoms with Crippen molar-refractivity contribution >= 4 is 22.9 Å². The normalized spacial score (nSPS) is 17.2. The van der Waals surface area contributed by atoms with Crippen molar-refractivity contribution in [1.82, 2.24) is 9.55 Å². The van der Waals surface area contributed by atoms with Crippen LogP contribution in [0.3, 0.4) is 0 Å². The minimum atomic E-state index is -0.262. The summed E-state index contributed by atoms with van der Waals surface area (Å²) < 4.78 is 21.4. The lowest BCUT2D eigenvalue weighted by Gasteiger charge is -2.22. The summed E-state index contributed by atoms with van der Waals surface area (Å²) in [6.07, 6.45) is 7.42. The van der Waals surface area contributed by atoms with Crippen molar-refractivity contribution in [2.75, 3.05) is 18.5 Å². The summed E-state index contributed by atoms with van der Waals surface area (Å²) in [5.74, 6) is -0.262. The SMILES string of the molecule is Fc1ccc(-n2c3c/c(=N\C4CCOCC4)c(NC4=CN=CCC4)cc-3nc3ccccc32)cc1. The third-order valence-corrected chi connectivity index (χ3v) is 6.47. The number of aromatic nitrogens is 2. The second-order valence-electron chi connectivity index (χ2n) is 8.89. The Labute approximate surface area is 202 Å². The lowest BCUT2D eigenvalue weighted by molar-refractivity contribution is 0.0864. The van der Waals surface area contributed by atoms with Gasteiger partial charge in [-0.2, -0.15) is 0 Å². The minimum Gasteiger partial charge on any atom is -0.381 e. The first-order valence-corrected chi connectivity index (χ1v) is 12.1. The van der Waals surface area contributed by atoms with Crippen LogP contribution in [0.1, 0.15) is 25.7 Å². The van der Waals surface area contributed by atoms with Crippen LogP contribution >= 0.6 is 0 Å². The van der Waals surface area contributed by atoms with E-state index in [2.05, 4.69) is 27.0 Å². The van der Waals surface area contributed by atoms with Crippen molar-refractivity contribution in [3.8, 4) is 17.1 Å². The van der Waals surface area contributed by atoms with Gasteiger partial charge in [-0.25, -0.2) is 9.37 Å². The van der Waals surface area contributed by atoms with Gasteiger partial charge in [-0.3, -0.25) is 9.98 Å². The van der Waals surface area contributed by atoms with Gasteiger partial charge in [0.05, 0.1) is 39.5 Å². The Balaban J connectivity index is 1.61. The van der Waals surface area contributed by atoms with Crippen molar-refractivity contribution in [1.29, 1.82) is 0 Å². The van der Waals surface area contributed by atoms with Crippen LogP contribution in [-0.2, 0) is 4.74 Å². The van der Waals surface area contributed by atoms with Gasteiger partial charge in [0.15, 0.2) is 0 Å². The third-order valence-electron chi connectivity index (χ3n) is 6.47. The zero-order valence-electron chi connectivity index (χ0n) is 19.3. The number of allylic oxidation sites excluding steroid dienone is 1. The molecule has 0 unspecified atom stereocenters. The summed E-state index contributed by atoms with van der Waals surface area (Å²) in [5.41, 5.74) is 6.42. The zero-order valence-corrected chi connectivity index (χ0v) is 19.3. The molecule has 1 fully saturated rings. The number of rotatable bonds is 4. The van der Waals surface area contributed by atoms with Gasteiger partial charge in [-0.05, 0) is 74.2 Å². The van der Waals surface area contributed by atoms with E-state index in [1.807, 2.05) is 36.7 Å². The third kappa shape index (κ3) is 4.47. The van der Waals surface area contributed by atoms with Gasteiger partial charge < -0.3 is 14.6 Å². The molecule has 35 heavy (non-hydrogen) atoms. The van der Waals surface area contributed by atoms with Gasteiger partial charge in [0.2, 0.25) is 0 Å². The number of fused-ring (bicyclic) bond motifs is 2. The molecule has 1 N–H and O–H groups in total. The predicted molar refractivity (Wildman–Crippen MR) is 136 cm³/mol. The summed E-state index contributed by atoms with van der Waals surface area (Å²) >= 11 is 0. The molecule has 1 saturated heterocycles. The Morgan fingerprint density at radius 2 is 1.86 bits per heavy atom. The van der Waals surface area contributed by atoms with Crippen molar-refractivity contribution in [3.05, 3.63) is 83.7 Å². The summed E-state index contributed by atoms with van der Waals surface area (Å²) in [5, 5.41) is 4.45. The molecule has 0 amide bonds. The van der Waals surface area contributed by atoms with E-state index in [0.717, 1.165) is 83.7 Å². The van der Waals surface area contributed by atoms with E-state index in [-0.39, 0.29) is 11.9 Å². The molecule has 1 aliphatic carbocycles. The van der Waals surface area contributed by atoms with Crippen LogP contribution in [0.25, 0.3) is 28.1 Å². The van der Waals surface area contributed by atoms with Crippen LogP contribution < -0.4 is 10.7 Å². The fourth-order valence-electron chi connectivity index (χ4n) is 4.70. The molecule has 0 aromatic heterocycles. The highest BCUT2D eigenvalue weighted by Crippen LogP contribution is 2.30. The van der Waals surface area contributed by atoms with E-state index in [9.17, 15) is 4.39 Å². The molecular weight excluding hydrogens is 441 g/mol. The molecule has 0 spiro atoms. The van der Waals surface area contributed by atoms with E-state index in [0.29, 0.717) is 0 Å². The van der Waals surface area contributed by atoms with Gasteiger partial charge in [-0.15, -0.1) is 0 Å². The molecule has 7 heteroatoms. The van der Waals surface area contributed by atoms with Gasteiger partial charge >= 0.3 is 0 Å². The molecule has 3 heterocycles. The second-order valence-corrected chi connectivity index (χ2v) is 8.89. The van der Waals surface area contributed by atoms with E-state index in [1.54, 1.807) is 12.1 Å². The lowest BCUT2D eigenvalue weighted by Crippen LogP contribution is -2.23. The van der Waals surface area contributed by atoms with Crippen LogP contribution in [0.4, 0.5) is 10.1 Å². The molecule has 3 aliphatic heterocycles. The Morgan fingerprint density at radius 1 is 1.03 bits per heavy atom. The number of nitrogens with zero attached hydrogens (tertiary/aromatic N) is 4. The number of nitrogens with one attached hydrogen (secondary N) is 1. The number of ether oxygens (including phenoxy) is 1. The molecule has 2 aromatic carbocycles. The van der Waals surface area contributed by atoms with Crippen molar-refractivity contribution in [2.45, 2.75) is 31.7 Å². The molecule has 0 atom stereocenters. The standard InChI is InChI=1S/C28H26FN5O/c29-19-7-9-22(10-8-19)34-27-6-2-1-5-23(27)33-26-16-24(32-21-4-3-13-30-18-21)25(17-28(26)34)31-20-11-14-35-15-12-20/h1-2,5-10,13,16-18,20,32H,3-4,11-12,14-15H2/b31-25+. The summed E-state index contributed by atoms with van der Waals surface area (Å²) in [7, 11) is 0. The van der Waals surface area contributed by atoms with Gasteiger partial charge in [0, 0.05) is 37.0 Å². The van der Waals surface area contributed by atoms with Crippen LogP contribution in [0.2, 0.25) is 0 Å². The molecular formula is C28H26FN5O. The summed E-state index contributed by atoms with van der Waals surface area (Å²) in [6, 6.07) is 19.0. The Hall–Kier alpha value is -3.84. The van der Waals surface area contributed by atoms with E-state index < -0.39 is 0 Å². The minimum absolute atomic E-state index is 0.202. The van der Waals surface area contributed by atoms with Gasteiger partial charge in [0.1, 0.15) is 5.82 Å². The maximum Gasteiger partial charge on any atom is 0.123 e. The molecule has 6 rings (SSSR count). The number of hydrogen-bond acceptors (Lipinski definition) is 5. The highest BCUT2D eigenvalue weighted by Gasteiger charge is 2.19. The monoisotopic (exact) mass is 467 g/mol. The lowest BCUT2D eigenvalue weighted by atomic mass is 10.1. The predicted octanol–water partition coefficient (Wildman–Crippen LogP) is 5.47. The van der Waals surface area contributed by atoms with Crippen LogP contribution in [-0.4, -0.2) is 35.0 Å². The first-order chi connectivity index (χ1) is 17.2. The summed E-state index contributed by atoms with van der Waals surface area (Å²) in [4.78, 5) is 14.4. The number of benzene rings is 3. The average Bonchev–Trinajstić information content (AvgIpc) is 2.90. The average molecular weight is 468 g/mol. The van der Waals surface area contributed by atoms with Crippen molar-refractivity contribution in [3.63, 3.8) is 0 Å². The fraction of sp³-hybridized carbons (Fsp3) is 0.250. The van der Waals surface area contributed by atoms with Crippen molar-refractivity contribution < 1.29 is 9.13 Å². The summed E-state index contributed by atoms with van der Waals surface area (Å²) in [6.45, 7) is 1.46.